The molecule has 2 aromatic carbocycles. The fourth-order valence-corrected chi connectivity index (χ4v) is 2.42. The highest BCUT2D eigenvalue weighted by molar-refractivity contribution is 5.88. The molecule has 24 heavy (non-hydrogen) atoms. The van der Waals surface area contributed by atoms with Gasteiger partial charge in [0.25, 0.3) is 0 Å². The van der Waals surface area contributed by atoms with E-state index in [1.165, 1.54) is 0 Å². The van der Waals surface area contributed by atoms with Crippen LogP contribution >= 0.6 is 0 Å². The quantitative estimate of drug-likeness (QED) is 0.749. The molecule has 4 nitrogen and oxygen atoms in total. The standard InChI is InChI=1S/C20H25NO3/c1-15(2)18(21-14-22)11-17-9-10-19(23-3)20(12-17)24-13-16-7-5-4-6-8-16/h4-10,12,15,22H,11,13-14H2,1-3H3. The number of benzene rings is 2. The molecule has 0 unspecified atom stereocenters. The second kappa shape index (κ2) is 9.08. The molecule has 0 saturated carbocycles. The molecular formula is C20H25NO3. The molecule has 0 aliphatic rings. The summed E-state index contributed by atoms with van der Waals surface area (Å²) in [6.45, 7) is 4.46. The van der Waals surface area contributed by atoms with Gasteiger partial charge in [-0.05, 0) is 29.2 Å². The minimum Gasteiger partial charge on any atom is -0.493 e. The fourth-order valence-electron chi connectivity index (χ4n) is 2.42. The summed E-state index contributed by atoms with van der Waals surface area (Å²) in [5.74, 6) is 1.71. The van der Waals surface area contributed by atoms with E-state index in [0.29, 0.717) is 24.5 Å². The lowest BCUT2D eigenvalue weighted by atomic mass is 9.99. The molecule has 0 bridgehead atoms. The van der Waals surface area contributed by atoms with E-state index < -0.39 is 0 Å². The second-order valence-electron chi connectivity index (χ2n) is 5.88. The predicted molar refractivity (Wildman–Crippen MR) is 96.8 cm³/mol. The Hall–Kier alpha value is -2.33. The van der Waals surface area contributed by atoms with Crippen molar-refractivity contribution in [1.29, 1.82) is 0 Å². The average Bonchev–Trinajstić information content (AvgIpc) is 2.60. The summed E-state index contributed by atoms with van der Waals surface area (Å²) in [5.41, 5.74) is 3.16. The summed E-state index contributed by atoms with van der Waals surface area (Å²) in [6.07, 6.45) is 0.684. The van der Waals surface area contributed by atoms with Gasteiger partial charge in [-0.25, -0.2) is 0 Å². The molecule has 0 aromatic heterocycles. The van der Waals surface area contributed by atoms with Gasteiger partial charge >= 0.3 is 0 Å². The number of hydrogen-bond donors (Lipinski definition) is 1. The SMILES string of the molecule is COc1ccc(CC(=NCO)C(C)C)cc1OCc1ccccc1. The van der Waals surface area contributed by atoms with Crippen LogP contribution in [0, 0.1) is 5.92 Å². The van der Waals surface area contributed by atoms with Gasteiger partial charge in [-0.2, -0.15) is 0 Å². The van der Waals surface area contributed by atoms with Crippen LogP contribution < -0.4 is 9.47 Å². The highest BCUT2D eigenvalue weighted by atomic mass is 16.5. The van der Waals surface area contributed by atoms with E-state index in [1.807, 2.05) is 48.5 Å². The Kier molecular flexibility index (Phi) is 6.82. The van der Waals surface area contributed by atoms with Crippen LogP contribution in [-0.2, 0) is 13.0 Å². The Bertz CT molecular complexity index is 666. The smallest absolute Gasteiger partial charge is 0.161 e. The largest absolute Gasteiger partial charge is 0.493 e. The Labute approximate surface area is 143 Å². The van der Waals surface area contributed by atoms with Crippen LogP contribution in [0.4, 0.5) is 0 Å². The van der Waals surface area contributed by atoms with Crippen LogP contribution in [-0.4, -0.2) is 24.7 Å². The van der Waals surface area contributed by atoms with Crippen molar-refractivity contribution in [2.45, 2.75) is 26.9 Å². The van der Waals surface area contributed by atoms with Crippen LogP contribution in [0.1, 0.15) is 25.0 Å². The molecule has 0 fully saturated rings. The monoisotopic (exact) mass is 327 g/mol. The molecule has 0 heterocycles. The van der Waals surface area contributed by atoms with Crippen LogP contribution in [0.2, 0.25) is 0 Å². The van der Waals surface area contributed by atoms with Crippen molar-refractivity contribution in [3.63, 3.8) is 0 Å². The first kappa shape index (κ1) is 18.0. The van der Waals surface area contributed by atoms with Gasteiger partial charge in [-0.3, -0.25) is 4.99 Å². The molecular weight excluding hydrogens is 302 g/mol. The van der Waals surface area contributed by atoms with Crippen LogP contribution in [0.25, 0.3) is 0 Å². The molecule has 128 valence electrons. The number of aliphatic hydroxyl groups excluding tert-OH is 1. The van der Waals surface area contributed by atoms with Crippen molar-refractivity contribution in [2.75, 3.05) is 13.8 Å². The molecule has 0 spiro atoms. The molecule has 1 N–H and O–H groups in total. The van der Waals surface area contributed by atoms with Crippen molar-refractivity contribution in [3.05, 3.63) is 59.7 Å². The van der Waals surface area contributed by atoms with E-state index in [4.69, 9.17) is 14.6 Å². The highest BCUT2D eigenvalue weighted by Gasteiger charge is 2.10. The zero-order valence-electron chi connectivity index (χ0n) is 14.5. The van der Waals surface area contributed by atoms with Crippen LogP contribution in [0.5, 0.6) is 11.5 Å². The van der Waals surface area contributed by atoms with Crippen LogP contribution in [0.15, 0.2) is 53.5 Å². The van der Waals surface area contributed by atoms with E-state index in [2.05, 4.69) is 18.8 Å². The number of aliphatic imine (C=N–C) groups is 1. The van der Waals surface area contributed by atoms with E-state index in [0.717, 1.165) is 16.8 Å². The Morgan fingerprint density at radius 1 is 1.04 bits per heavy atom. The van der Waals surface area contributed by atoms with Gasteiger partial charge in [0.15, 0.2) is 11.5 Å². The number of methoxy groups -OCH3 is 1. The zero-order valence-corrected chi connectivity index (χ0v) is 14.5. The molecule has 2 rings (SSSR count). The number of nitrogens with zero attached hydrogens (tertiary/aromatic N) is 1. The van der Waals surface area contributed by atoms with Crippen molar-refractivity contribution >= 4 is 5.71 Å². The first-order valence-corrected chi connectivity index (χ1v) is 8.11. The molecule has 0 radical (unpaired) electrons. The lowest BCUT2D eigenvalue weighted by Crippen LogP contribution is -2.12. The average molecular weight is 327 g/mol. The third-order valence-electron chi connectivity index (χ3n) is 3.79. The summed E-state index contributed by atoms with van der Waals surface area (Å²) >= 11 is 0. The first-order valence-electron chi connectivity index (χ1n) is 8.11. The van der Waals surface area contributed by atoms with Crippen molar-refractivity contribution in [1.82, 2.24) is 0 Å². The number of aliphatic hydroxyl groups is 1. The van der Waals surface area contributed by atoms with Crippen molar-refractivity contribution < 1.29 is 14.6 Å². The molecule has 2 aromatic rings. The molecule has 0 amide bonds. The van der Waals surface area contributed by atoms with E-state index in [9.17, 15) is 0 Å². The summed E-state index contributed by atoms with van der Waals surface area (Å²) in [7, 11) is 1.64. The zero-order chi connectivity index (χ0) is 17.4. The Morgan fingerprint density at radius 2 is 1.79 bits per heavy atom. The second-order valence-corrected chi connectivity index (χ2v) is 5.88. The molecule has 0 aliphatic carbocycles. The predicted octanol–water partition coefficient (Wildman–Crippen LogP) is 3.86. The molecule has 0 aliphatic heterocycles. The van der Waals surface area contributed by atoms with E-state index in [-0.39, 0.29) is 12.6 Å². The van der Waals surface area contributed by atoms with E-state index in [1.54, 1.807) is 7.11 Å². The summed E-state index contributed by atoms with van der Waals surface area (Å²) in [6, 6.07) is 15.9. The van der Waals surface area contributed by atoms with Crippen LogP contribution in [0.3, 0.4) is 0 Å². The van der Waals surface area contributed by atoms with Crippen molar-refractivity contribution in [2.24, 2.45) is 10.9 Å². The minimum absolute atomic E-state index is 0.180. The lowest BCUT2D eigenvalue weighted by Gasteiger charge is -2.14. The molecule has 0 saturated heterocycles. The minimum atomic E-state index is -0.180. The maximum Gasteiger partial charge on any atom is 0.161 e. The Morgan fingerprint density at radius 3 is 2.42 bits per heavy atom. The lowest BCUT2D eigenvalue weighted by molar-refractivity contribution is 0.284. The first-order chi connectivity index (χ1) is 11.6. The third kappa shape index (κ3) is 5.10. The highest BCUT2D eigenvalue weighted by Crippen LogP contribution is 2.29. The summed E-state index contributed by atoms with van der Waals surface area (Å²) in [5, 5.41) is 9.08. The molecule has 4 heteroatoms. The van der Waals surface area contributed by atoms with Gasteiger partial charge in [0, 0.05) is 12.1 Å². The maximum atomic E-state index is 9.08. The van der Waals surface area contributed by atoms with Gasteiger partial charge in [-0.1, -0.05) is 50.2 Å². The number of rotatable bonds is 8. The Balaban J connectivity index is 2.16. The van der Waals surface area contributed by atoms with Gasteiger partial charge in [0.05, 0.1) is 7.11 Å². The molecule has 0 atom stereocenters. The number of ether oxygens (including phenoxy) is 2. The van der Waals surface area contributed by atoms with Gasteiger partial charge in [0.1, 0.15) is 13.3 Å². The topological polar surface area (TPSA) is 51.0 Å². The normalized spacial score (nSPS) is 11.6. The third-order valence-corrected chi connectivity index (χ3v) is 3.79. The fraction of sp³-hybridized carbons (Fsp3) is 0.350. The van der Waals surface area contributed by atoms with Gasteiger partial charge in [0.2, 0.25) is 0 Å². The maximum absolute atomic E-state index is 9.08. The van der Waals surface area contributed by atoms with Gasteiger partial charge in [-0.15, -0.1) is 0 Å². The summed E-state index contributed by atoms with van der Waals surface area (Å²) < 4.78 is 11.3. The van der Waals surface area contributed by atoms with Gasteiger partial charge < -0.3 is 14.6 Å². The van der Waals surface area contributed by atoms with E-state index >= 15 is 0 Å². The number of hydrogen-bond acceptors (Lipinski definition) is 4. The summed E-state index contributed by atoms with van der Waals surface area (Å²) in [4.78, 5) is 4.18. The van der Waals surface area contributed by atoms with Crippen molar-refractivity contribution in [3.8, 4) is 11.5 Å².